The summed E-state index contributed by atoms with van der Waals surface area (Å²) in [7, 11) is 0. The molecular weight excluding hydrogens is 286 g/mol. The number of hydrogen-bond acceptors (Lipinski definition) is 8. The Morgan fingerprint density at radius 1 is 1.19 bits per heavy atom. The third-order valence-electron chi connectivity index (χ3n) is 3.15. The number of aliphatic hydroxyl groups is 4. The molecule has 0 aromatic heterocycles. The van der Waals surface area contributed by atoms with Crippen molar-refractivity contribution in [3.8, 4) is 5.75 Å². The first-order valence-corrected chi connectivity index (χ1v) is 6.16. The molecular formula is C12H15NO8. The van der Waals surface area contributed by atoms with Crippen LogP contribution in [-0.2, 0) is 4.74 Å². The van der Waals surface area contributed by atoms with E-state index in [1.165, 1.54) is 24.3 Å². The molecule has 1 aromatic rings. The second-order valence-electron chi connectivity index (χ2n) is 4.54. The van der Waals surface area contributed by atoms with Gasteiger partial charge in [-0.25, -0.2) is 0 Å². The normalized spacial score (nSPS) is 32.7. The van der Waals surface area contributed by atoms with Crippen LogP contribution in [0.5, 0.6) is 5.75 Å². The lowest BCUT2D eigenvalue weighted by Gasteiger charge is -2.39. The Balaban J connectivity index is 2.20. The van der Waals surface area contributed by atoms with Crippen LogP contribution in [0.25, 0.3) is 0 Å². The molecule has 0 amide bonds. The molecule has 0 bridgehead atoms. The van der Waals surface area contributed by atoms with Gasteiger partial charge in [0.2, 0.25) is 6.29 Å². The van der Waals surface area contributed by atoms with E-state index in [0.29, 0.717) is 0 Å². The first-order chi connectivity index (χ1) is 9.95. The second kappa shape index (κ2) is 6.33. The Labute approximate surface area is 119 Å². The number of hydrogen-bond donors (Lipinski definition) is 4. The van der Waals surface area contributed by atoms with Crippen molar-refractivity contribution in [2.24, 2.45) is 0 Å². The Morgan fingerprint density at radius 3 is 2.48 bits per heavy atom. The minimum Gasteiger partial charge on any atom is -0.455 e. The van der Waals surface area contributed by atoms with Crippen LogP contribution in [-0.4, -0.2) is 62.7 Å². The average molecular weight is 301 g/mol. The van der Waals surface area contributed by atoms with Crippen molar-refractivity contribution in [2.75, 3.05) is 6.61 Å². The summed E-state index contributed by atoms with van der Waals surface area (Å²) in [5.41, 5.74) is -0.338. The van der Waals surface area contributed by atoms with E-state index in [0.717, 1.165) is 0 Å². The number of nitrogens with zero attached hydrogens (tertiary/aromatic N) is 1. The van der Waals surface area contributed by atoms with Crippen molar-refractivity contribution >= 4 is 5.69 Å². The van der Waals surface area contributed by atoms with Crippen molar-refractivity contribution in [2.45, 2.75) is 30.7 Å². The largest absolute Gasteiger partial charge is 0.455 e. The molecule has 0 radical (unpaired) electrons. The minimum absolute atomic E-state index is 0.160. The zero-order chi connectivity index (χ0) is 15.6. The van der Waals surface area contributed by atoms with E-state index in [2.05, 4.69) is 0 Å². The van der Waals surface area contributed by atoms with Crippen LogP contribution >= 0.6 is 0 Å². The van der Waals surface area contributed by atoms with Crippen LogP contribution in [0.4, 0.5) is 5.69 Å². The first kappa shape index (κ1) is 15.6. The van der Waals surface area contributed by atoms with Crippen molar-refractivity contribution in [1.82, 2.24) is 0 Å². The van der Waals surface area contributed by atoms with Crippen LogP contribution in [0.3, 0.4) is 0 Å². The van der Waals surface area contributed by atoms with Gasteiger partial charge in [0.25, 0.3) is 0 Å². The van der Waals surface area contributed by atoms with Gasteiger partial charge in [0.05, 0.1) is 11.5 Å². The summed E-state index contributed by atoms with van der Waals surface area (Å²) < 4.78 is 10.3. The lowest BCUT2D eigenvalue weighted by atomic mass is 9.99. The van der Waals surface area contributed by atoms with Gasteiger partial charge in [-0.15, -0.1) is 0 Å². The summed E-state index contributed by atoms with van der Waals surface area (Å²) in [4.78, 5) is 10.2. The molecule has 116 valence electrons. The number of nitro benzene ring substituents is 1. The lowest BCUT2D eigenvalue weighted by molar-refractivity contribution is -0.387. The molecule has 1 saturated heterocycles. The molecule has 1 heterocycles. The smallest absolute Gasteiger partial charge is 0.311 e. The molecule has 2 rings (SSSR count). The predicted octanol–water partition coefficient (Wildman–Crippen LogP) is -1.23. The van der Waals surface area contributed by atoms with E-state index in [-0.39, 0.29) is 11.4 Å². The summed E-state index contributed by atoms with van der Waals surface area (Å²) in [6.45, 7) is -0.609. The molecule has 1 aliphatic rings. The fraction of sp³-hybridized carbons (Fsp3) is 0.500. The molecule has 21 heavy (non-hydrogen) atoms. The van der Waals surface area contributed by atoms with Crippen molar-refractivity contribution in [1.29, 1.82) is 0 Å². The molecule has 1 aliphatic heterocycles. The molecule has 9 nitrogen and oxygen atoms in total. The van der Waals surface area contributed by atoms with Gasteiger partial charge in [0.1, 0.15) is 24.4 Å². The second-order valence-corrected chi connectivity index (χ2v) is 4.54. The number of para-hydroxylation sites is 2. The Morgan fingerprint density at radius 2 is 1.86 bits per heavy atom. The van der Waals surface area contributed by atoms with Crippen LogP contribution in [0, 0.1) is 10.1 Å². The van der Waals surface area contributed by atoms with Crippen molar-refractivity contribution in [3.63, 3.8) is 0 Å². The maximum Gasteiger partial charge on any atom is 0.311 e. The summed E-state index contributed by atoms with van der Waals surface area (Å²) in [5.74, 6) is -0.160. The quantitative estimate of drug-likeness (QED) is 0.400. The number of aliphatic hydroxyl groups excluding tert-OH is 4. The molecule has 0 spiro atoms. The molecule has 0 saturated carbocycles. The van der Waals surface area contributed by atoms with Crippen LogP contribution in [0.15, 0.2) is 24.3 Å². The van der Waals surface area contributed by atoms with Gasteiger partial charge in [-0.05, 0) is 6.07 Å². The van der Waals surface area contributed by atoms with Gasteiger partial charge < -0.3 is 29.9 Å². The molecule has 0 aliphatic carbocycles. The SMILES string of the molecule is O=[N+]([O-])c1ccccc1O[C@H]1O[C@H](CO)[C@H](O)C(O)[C@H]1O. The standard InChI is InChI=1S/C12H15NO8/c14-5-8-9(15)10(16)11(17)12(21-8)20-7-4-2-1-3-6(7)13(18)19/h1-4,8-12,14-17H,5H2/t8-,9+,10?,11-,12+/m1/s1. The molecule has 5 atom stereocenters. The van der Waals surface area contributed by atoms with E-state index >= 15 is 0 Å². The highest BCUT2D eigenvalue weighted by molar-refractivity contribution is 5.45. The van der Waals surface area contributed by atoms with E-state index in [4.69, 9.17) is 14.6 Å². The van der Waals surface area contributed by atoms with Crippen LogP contribution in [0.2, 0.25) is 0 Å². The fourth-order valence-corrected chi connectivity index (χ4v) is 2.00. The molecule has 1 unspecified atom stereocenters. The molecule has 9 heteroatoms. The fourth-order valence-electron chi connectivity index (χ4n) is 2.00. The number of benzene rings is 1. The summed E-state index contributed by atoms with van der Waals surface area (Å²) >= 11 is 0. The Kier molecular flexibility index (Phi) is 4.70. The Hall–Kier alpha value is -1.78. The summed E-state index contributed by atoms with van der Waals surface area (Å²) in [6, 6.07) is 5.45. The maximum absolute atomic E-state index is 10.9. The zero-order valence-corrected chi connectivity index (χ0v) is 10.8. The minimum atomic E-state index is -1.62. The maximum atomic E-state index is 10.9. The van der Waals surface area contributed by atoms with Gasteiger partial charge in [-0.2, -0.15) is 0 Å². The van der Waals surface area contributed by atoms with E-state index in [9.17, 15) is 25.4 Å². The third kappa shape index (κ3) is 3.12. The van der Waals surface area contributed by atoms with Crippen molar-refractivity contribution < 1.29 is 34.8 Å². The number of rotatable bonds is 4. The number of ether oxygens (including phenoxy) is 2. The molecule has 4 N–H and O–H groups in total. The van der Waals surface area contributed by atoms with Crippen LogP contribution in [0.1, 0.15) is 0 Å². The van der Waals surface area contributed by atoms with Crippen LogP contribution < -0.4 is 4.74 Å². The monoisotopic (exact) mass is 301 g/mol. The Bertz CT molecular complexity index is 508. The summed E-state index contributed by atoms with van der Waals surface area (Å²) in [6.07, 6.45) is -7.35. The van der Waals surface area contributed by atoms with Gasteiger partial charge in [0, 0.05) is 6.07 Å². The lowest BCUT2D eigenvalue weighted by Crippen LogP contribution is -2.60. The summed E-state index contributed by atoms with van der Waals surface area (Å²) in [5, 5.41) is 49.0. The average Bonchev–Trinajstić information content (AvgIpc) is 2.48. The highest BCUT2D eigenvalue weighted by Gasteiger charge is 2.45. The van der Waals surface area contributed by atoms with Gasteiger partial charge in [-0.1, -0.05) is 12.1 Å². The molecule has 1 fully saturated rings. The highest BCUT2D eigenvalue weighted by Crippen LogP contribution is 2.30. The highest BCUT2D eigenvalue weighted by atomic mass is 16.7. The first-order valence-electron chi connectivity index (χ1n) is 6.16. The van der Waals surface area contributed by atoms with E-state index in [1.54, 1.807) is 0 Å². The zero-order valence-electron chi connectivity index (χ0n) is 10.8. The van der Waals surface area contributed by atoms with Gasteiger partial charge >= 0.3 is 5.69 Å². The van der Waals surface area contributed by atoms with Gasteiger partial charge in [0.15, 0.2) is 5.75 Å². The predicted molar refractivity (Wildman–Crippen MR) is 67.5 cm³/mol. The number of nitro groups is 1. The van der Waals surface area contributed by atoms with E-state index in [1.807, 2.05) is 0 Å². The topological polar surface area (TPSA) is 143 Å². The van der Waals surface area contributed by atoms with E-state index < -0.39 is 42.2 Å². The molecule has 1 aromatic carbocycles. The third-order valence-corrected chi connectivity index (χ3v) is 3.15. The van der Waals surface area contributed by atoms with Gasteiger partial charge in [-0.3, -0.25) is 10.1 Å². The van der Waals surface area contributed by atoms with Crippen molar-refractivity contribution in [3.05, 3.63) is 34.4 Å².